The van der Waals surface area contributed by atoms with Crippen LogP contribution < -0.4 is 5.32 Å². The molecule has 3 nitrogen and oxygen atoms in total. The Hall–Kier alpha value is -0.280. The number of ether oxygens (including phenoxy) is 1. The molecule has 13 heavy (non-hydrogen) atoms. The highest BCUT2D eigenvalue weighted by Gasteiger charge is 2.25. The summed E-state index contributed by atoms with van der Waals surface area (Å²) in [6, 6.07) is -0.0614. The van der Waals surface area contributed by atoms with E-state index in [0.717, 1.165) is 19.4 Å². The van der Waals surface area contributed by atoms with Crippen molar-refractivity contribution in [2.75, 3.05) is 13.2 Å². The van der Waals surface area contributed by atoms with Gasteiger partial charge < -0.3 is 10.1 Å². The Labute approximate surface area is 85.6 Å². The summed E-state index contributed by atoms with van der Waals surface area (Å²) >= 11 is 0. The van der Waals surface area contributed by atoms with Crippen molar-refractivity contribution in [1.29, 1.82) is 0 Å². The number of hydrogen-bond acceptors (Lipinski definition) is 3. The maximum Gasteiger partial charge on any atom is 0.323 e. The van der Waals surface area contributed by atoms with Gasteiger partial charge in [-0.1, -0.05) is 6.92 Å². The van der Waals surface area contributed by atoms with Crippen molar-refractivity contribution in [2.24, 2.45) is 5.92 Å². The molecule has 0 radical (unpaired) electrons. The van der Waals surface area contributed by atoms with E-state index in [0.29, 0.717) is 12.5 Å². The second-order valence-corrected chi connectivity index (χ2v) is 3.39. The van der Waals surface area contributed by atoms with Gasteiger partial charge in [-0.15, -0.1) is 12.4 Å². The standard InChI is InChI=1S/C9H17NO2.ClH/c1-3-12-9(11)8-6-7(2)4-5-10-8;/h7-8,10H,3-6H2,1-2H3;1H/t7?,8-;/m0./s1. The zero-order chi connectivity index (χ0) is 8.97. The van der Waals surface area contributed by atoms with E-state index in [1.54, 1.807) is 0 Å². The molecule has 0 amide bonds. The molecule has 1 aliphatic heterocycles. The van der Waals surface area contributed by atoms with Crippen LogP contribution in [-0.2, 0) is 9.53 Å². The Morgan fingerprint density at radius 1 is 1.62 bits per heavy atom. The lowest BCUT2D eigenvalue weighted by Gasteiger charge is -2.26. The number of hydrogen-bond donors (Lipinski definition) is 1. The maximum absolute atomic E-state index is 11.3. The van der Waals surface area contributed by atoms with Gasteiger partial charge in [0.05, 0.1) is 6.61 Å². The molecule has 1 rings (SSSR count). The number of halogens is 1. The first-order valence-corrected chi connectivity index (χ1v) is 4.64. The lowest BCUT2D eigenvalue weighted by molar-refractivity contribution is -0.146. The van der Waals surface area contributed by atoms with E-state index in [-0.39, 0.29) is 24.4 Å². The predicted molar refractivity (Wildman–Crippen MR) is 54.1 cm³/mol. The van der Waals surface area contributed by atoms with Gasteiger partial charge in [0, 0.05) is 0 Å². The molecule has 0 aliphatic carbocycles. The molecule has 0 aromatic heterocycles. The van der Waals surface area contributed by atoms with Crippen molar-refractivity contribution in [1.82, 2.24) is 5.32 Å². The van der Waals surface area contributed by atoms with Crippen LogP contribution in [0.2, 0.25) is 0 Å². The zero-order valence-electron chi connectivity index (χ0n) is 8.21. The number of carbonyl (C=O) groups excluding carboxylic acids is 1. The Kier molecular flexibility index (Phi) is 6.08. The maximum atomic E-state index is 11.3. The van der Waals surface area contributed by atoms with E-state index in [2.05, 4.69) is 12.2 Å². The molecule has 1 fully saturated rings. The van der Waals surface area contributed by atoms with E-state index in [9.17, 15) is 4.79 Å². The lowest BCUT2D eigenvalue weighted by atomic mass is 9.94. The molecular weight excluding hydrogens is 190 g/mol. The third-order valence-corrected chi connectivity index (χ3v) is 2.24. The van der Waals surface area contributed by atoms with Gasteiger partial charge in [0.2, 0.25) is 0 Å². The molecule has 4 heteroatoms. The molecule has 78 valence electrons. The van der Waals surface area contributed by atoms with Crippen LogP contribution in [0.25, 0.3) is 0 Å². The monoisotopic (exact) mass is 207 g/mol. The minimum Gasteiger partial charge on any atom is -0.465 e. The van der Waals surface area contributed by atoms with Crippen molar-refractivity contribution in [3.63, 3.8) is 0 Å². The summed E-state index contributed by atoms with van der Waals surface area (Å²) in [5, 5.41) is 3.16. The van der Waals surface area contributed by atoms with E-state index in [1.165, 1.54) is 0 Å². The number of esters is 1. The Morgan fingerprint density at radius 3 is 2.85 bits per heavy atom. The van der Waals surface area contributed by atoms with Crippen LogP contribution in [0.15, 0.2) is 0 Å². The van der Waals surface area contributed by atoms with Crippen molar-refractivity contribution < 1.29 is 9.53 Å². The lowest BCUT2D eigenvalue weighted by Crippen LogP contribution is -2.43. The van der Waals surface area contributed by atoms with Gasteiger partial charge in [0.1, 0.15) is 6.04 Å². The van der Waals surface area contributed by atoms with Crippen molar-refractivity contribution >= 4 is 18.4 Å². The van der Waals surface area contributed by atoms with Crippen molar-refractivity contribution in [2.45, 2.75) is 32.7 Å². The van der Waals surface area contributed by atoms with Gasteiger partial charge >= 0.3 is 5.97 Å². The van der Waals surface area contributed by atoms with Gasteiger partial charge in [0.25, 0.3) is 0 Å². The fraction of sp³-hybridized carbons (Fsp3) is 0.889. The largest absolute Gasteiger partial charge is 0.465 e. The van der Waals surface area contributed by atoms with Crippen molar-refractivity contribution in [3.05, 3.63) is 0 Å². The molecule has 0 bridgehead atoms. The van der Waals surface area contributed by atoms with E-state index in [1.807, 2.05) is 6.92 Å². The average molecular weight is 208 g/mol. The van der Waals surface area contributed by atoms with Gasteiger partial charge in [0.15, 0.2) is 0 Å². The highest BCUT2D eigenvalue weighted by Crippen LogP contribution is 2.15. The van der Waals surface area contributed by atoms with Crippen LogP contribution in [0.1, 0.15) is 26.7 Å². The quantitative estimate of drug-likeness (QED) is 0.695. The summed E-state index contributed by atoms with van der Waals surface area (Å²) in [5.74, 6) is 0.546. The topological polar surface area (TPSA) is 38.3 Å². The van der Waals surface area contributed by atoms with Crippen LogP contribution in [0.4, 0.5) is 0 Å². The van der Waals surface area contributed by atoms with Gasteiger partial charge in [-0.2, -0.15) is 0 Å². The summed E-state index contributed by atoms with van der Waals surface area (Å²) in [6.45, 7) is 5.42. The highest BCUT2D eigenvalue weighted by atomic mass is 35.5. The minimum absolute atomic E-state index is 0. The third kappa shape index (κ3) is 3.96. The van der Waals surface area contributed by atoms with Crippen LogP contribution in [0.3, 0.4) is 0 Å². The summed E-state index contributed by atoms with van der Waals surface area (Å²) in [7, 11) is 0. The molecule has 1 N–H and O–H groups in total. The smallest absolute Gasteiger partial charge is 0.323 e. The van der Waals surface area contributed by atoms with Gasteiger partial charge in [-0.25, -0.2) is 0 Å². The Bertz CT molecular complexity index is 164. The molecule has 1 unspecified atom stereocenters. The molecule has 0 aromatic carbocycles. The van der Waals surface area contributed by atoms with E-state index >= 15 is 0 Å². The Balaban J connectivity index is 0.00000144. The van der Waals surface area contributed by atoms with E-state index in [4.69, 9.17) is 4.74 Å². The second-order valence-electron chi connectivity index (χ2n) is 3.39. The Morgan fingerprint density at radius 2 is 2.31 bits per heavy atom. The van der Waals surface area contributed by atoms with Crippen LogP contribution in [-0.4, -0.2) is 25.2 Å². The first-order chi connectivity index (χ1) is 5.74. The number of rotatable bonds is 2. The fourth-order valence-corrected chi connectivity index (χ4v) is 1.53. The predicted octanol–water partition coefficient (Wildman–Crippen LogP) is 1.36. The third-order valence-electron chi connectivity index (χ3n) is 2.24. The second kappa shape index (κ2) is 6.22. The molecule has 2 atom stereocenters. The van der Waals surface area contributed by atoms with Crippen LogP contribution in [0.5, 0.6) is 0 Å². The summed E-state index contributed by atoms with van der Waals surface area (Å²) < 4.78 is 4.93. The fourth-order valence-electron chi connectivity index (χ4n) is 1.53. The van der Waals surface area contributed by atoms with E-state index < -0.39 is 0 Å². The summed E-state index contributed by atoms with van der Waals surface area (Å²) in [6.07, 6.45) is 2.08. The molecule has 0 spiro atoms. The summed E-state index contributed by atoms with van der Waals surface area (Å²) in [4.78, 5) is 11.3. The number of piperidine rings is 1. The molecule has 1 saturated heterocycles. The first kappa shape index (κ1) is 12.7. The van der Waals surface area contributed by atoms with Gasteiger partial charge in [-0.3, -0.25) is 4.79 Å². The molecular formula is C9H18ClNO2. The van der Waals surface area contributed by atoms with Gasteiger partial charge in [-0.05, 0) is 32.2 Å². The molecule has 0 aromatic rings. The molecule has 1 heterocycles. The highest BCUT2D eigenvalue weighted by molar-refractivity contribution is 5.85. The SMILES string of the molecule is CCOC(=O)[C@@H]1CC(C)CCN1.Cl. The minimum atomic E-state index is -0.0935. The average Bonchev–Trinajstić information content (AvgIpc) is 2.05. The molecule has 0 saturated carbocycles. The number of carbonyl (C=O) groups is 1. The normalized spacial score (nSPS) is 27.5. The zero-order valence-corrected chi connectivity index (χ0v) is 9.02. The van der Waals surface area contributed by atoms with Crippen LogP contribution >= 0.6 is 12.4 Å². The van der Waals surface area contributed by atoms with Crippen LogP contribution in [0, 0.1) is 5.92 Å². The first-order valence-electron chi connectivity index (χ1n) is 4.64. The molecule has 1 aliphatic rings. The van der Waals surface area contributed by atoms with Crippen molar-refractivity contribution in [3.8, 4) is 0 Å². The summed E-state index contributed by atoms with van der Waals surface area (Å²) in [5.41, 5.74) is 0. The number of nitrogens with one attached hydrogen (secondary N) is 1.